The number of alkyl halides is 2. The van der Waals surface area contributed by atoms with Crippen LogP contribution < -0.4 is 14.8 Å². The first-order chi connectivity index (χ1) is 16.4. The summed E-state index contributed by atoms with van der Waals surface area (Å²) < 4.78 is 46.7. The molecule has 1 atom stereocenters. The van der Waals surface area contributed by atoms with E-state index in [0.717, 1.165) is 17.5 Å². The molecule has 4 rings (SSSR count). The molecule has 3 aromatic heterocycles. The lowest BCUT2D eigenvalue weighted by atomic mass is 10.0. The molecule has 180 valence electrons. The van der Waals surface area contributed by atoms with E-state index in [1.165, 1.54) is 12.3 Å². The van der Waals surface area contributed by atoms with Gasteiger partial charge in [0.25, 0.3) is 11.1 Å². The molecule has 1 amide bonds. The number of hydrogen-bond donors (Lipinski definition) is 1. The number of carbonyl (C=O) groups excluding carboxylic acids is 1. The highest BCUT2D eigenvalue weighted by molar-refractivity contribution is 7.17. The van der Waals surface area contributed by atoms with Gasteiger partial charge in [-0.05, 0) is 30.4 Å². The van der Waals surface area contributed by atoms with Gasteiger partial charge in [0.2, 0.25) is 5.13 Å². The molecule has 1 aliphatic heterocycles. The van der Waals surface area contributed by atoms with Crippen LogP contribution in [0.15, 0.2) is 24.5 Å². The van der Waals surface area contributed by atoms with Crippen molar-refractivity contribution >= 4 is 34.0 Å². The Morgan fingerprint density at radius 1 is 1.26 bits per heavy atom. The molecule has 0 radical (unpaired) electrons. The van der Waals surface area contributed by atoms with Crippen molar-refractivity contribution in [2.24, 2.45) is 0 Å². The normalized spacial score (nSPS) is 15.9. The van der Waals surface area contributed by atoms with Gasteiger partial charge < -0.3 is 18.9 Å². The van der Waals surface area contributed by atoms with Crippen LogP contribution in [0, 0.1) is 6.92 Å². The van der Waals surface area contributed by atoms with Gasteiger partial charge >= 0.3 is 6.61 Å². The number of carbonyl (C=O) groups is 1. The molecule has 1 N–H and O–H groups in total. The Hall–Kier alpha value is -3.00. The van der Waals surface area contributed by atoms with Crippen molar-refractivity contribution in [2.45, 2.75) is 19.6 Å². The average molecular weight is 514 g/mol. The van der Waals surface area contributed by atoms with E-state index in [1.807, 2.05) is 0 Å². The van der Waals surface area contributed by atoms with Crippen LogP contribution in [0.25, 0.3) is 11.1 Å². The summed E-state index contributed by atoms with van der Waals surface area (Å²) in [6.45, 7) is 0.282. The highest BCUT2D eigenvalue weighted by Gasteiger charge is 2.21. The predicted molar refractivity (Wildman–Crippen MR) is 118 cm³/mol. The summed E-state index contributed by atoms with van der Waals surface area (Å²) in [5, 5.41) is 10.8. The standard InChI is InChI=1S/C20H18ClF2N5O5S/c1-10-4-12(13-5-16(21)25-7-15(13)33-18(22)23)14(6-24-10)17(29)26-19-27-28-20(34-19)32-9-11-8-30-2-3-31-11/h4-7,11,18H,2-3,8-9H2,1H3,(H,26,27,29)/t11-/m1/s1. The van der Waals surface area contributed by atoms with Crippen LogP contribution in [-0.4, -0.2) is 65.2 Å². The summed E-state index contributed by atoms with van der Waals surface area (Å²) in [7, 11) is 0. The number of pyridine rings is 2. The molecule has 0 bridgehead atoms. The molecule has 0 aromatic carbocycles. The molecule has 14 heteroatoms. The Bertz CT molecular complexity index is 1160. The van der Waals surface area contributed by atoms with Crippen LogP contribution in [-0.2, 0) is 9.47 Å². The fraction of sp³-hybridized carbons (Fsp3) is 0.350. The van der Waals surface area contributed by atoms with Gasteiger partial charge in [0.15, 0.2) is 5.75 Å². The number of halogens is 3. The number of aromatic nitrogens is 4. The number of hydrogen-bond acceptors (Lipinski definition) is 10. The molecule has 4 heterocycles. The van der Waals surface area contributed by atoms with Gasteiger partial charge in [-0.1, -0.05) is 16.7 Å². The third kappa shape index (κ3) is 6.11. The first kappa shape index (κ1) is 24.1. The quantitative estimate of drug-likeness (QED) is 0.451. The monoisotopic (exact) mass is 513 g/mol. The molecule has 1 aliphatic rings. The first-order valence-corrected chi connectivity index (χ1v) is 11.1. The lowest BCUT2D eigenvalue weighted by Gasteiger charge is -2.22. The smallest absolute Gasteiger partial charge is 0.387 e. The summed E-state index contributed by atoms with van der Waals surface area (Å²) in [6.07, 6.45) is 2.17. The van der Waals surface area contributed by atoms with Crippen molar-refractivity contribution in [1.29, 1.82) is 0 Å². The topological polar surface area (TPSA) is 118 Å². The van der Waals surface area contributed by atoms with E-state index in [0.29, 0.717) is 25.5 Å². The largest absolute Gasteiger partial charge is 0.466 e. The van der Waals surface area contributed by atoms with Gasteiger partial charge in [-0.3, -0.25) is 15.1 Å². The molecule has 1 saturated heterocycles. The Labute approximate surface area is 201 Å². The van der Waals surface area contributed by atoms with E-state index in [2.05, 4.69) is 30.2 Å². The van der Waals surface area contributed by atoms with Crippen LogP contribution >= 0.6 is 22.9 Å². The van der Waals surface area contributed by atoms with Crippen LogP contribution in [0.5, 0.6) is 10.9 Å². The lowest BCUT2D eigenvalue weighted by Crippen LogP contribution is -2.33. The molecule has 34 heavy (non-hydrogen) atoms. The Kier molecular flexibility index (Phi) is 7.77. The fourth-order valence-electron chi connectivity index (χ4n) is 3.06. The van der Waals surface area contributed by atoms with Crippen molar-refractivity contribution in [3.05, 3.63) is 40.9 Å². The highest BCUT2D eigenvalue weighted by Crippen LogP contribution is 2.35. The zero-order valence-electron chi connectivity index (χ0n) is 17.7. The predicted octanol–water partition coefficient (Wildman–Crippen LogP) is 3.60. The zero-order valence-corrected chi connectivity index (χ0v) is 19.2. The maximum atomic E-state index is 13.0. The summed E-state index contributed by atoms with van der Waals surface area (Å²) in [4.78, 5) is 21.0. The third-order valence-corrected chi connectivity index (χ3v) is 5.49. The van der Waals surface area contributed by atoms with Gasteiger partial charge in [-0.2, -0.15) is 8.78 Å². The first-order valence-electron chi connectivity index (χ1n) is 9.93. The summed E-state index contributed by atoms with van der Waals surface area (Å²) in [5.74, 6) is -0.829. The highest BCUT2D eigenvalue weighted by atomic mass is 35.5. The molecular formula is C20H18ClF2N5O5S. The SMILES string of the molecule is Cc1cc(-c2cc(Cl)ncc2OC(F)F)c(C(=O)Nc2nnc(OC[C@H]3COCCO3)s2)cn1. The van der Waals surface area contributed by atoms with Crippen LogP contribution in [0.4, 0.5) is 13.9 Å². The number of ether oxygens (including phenoxy) is 4. The molecule has 0 spiro atoms. The maximum Gasteiger partial charge on any atom is 0.387 e. The number of anilines is 1. The number of nitrogens with one attached hydrogen (secondary N) is 1. The molecule has 10 nitrogen and oxygen atoms in total. The lowest BCUT2D eigenvalue weighted by molar-refractivity contribution is -0.101. The van der Waals surface area contributed by atoms with Gasteiger partial charge in [0, 0.05) is 23.0 Å². The minimum atomic E-state index is -3.09. The van der Waals surface area contributed by atoms with Crippen molar-refractivity contribution in [3.8, 4) is 22.1 Å². The van der Waals surface area contributed by atoms with Crippen LogP contribution in [0.3, 0.4) is 0 Å². The zero-order chi connectivity index (χ0) is 24.1. The van der Waals surface area contributed by atoms with Crippen LogP contribution in [0.2, 0.25) is 5.15 Å². The molecular weight excluding hydrogens is 496 g/mol. The van der Waals surface area contributed by atoms with Crippen molar-refractivity contribution in [1.82, 2.24) is 20.2 Å². The summed E-state index contributed by atoms with van der Waals surface area (Å²) in [5.41, 5.74) is 1.06. The second-order valence-corrected chi connectivity index (χ2v) is 8.29. The number of nitrogens with zero attached hydrogens (tertiary/aromatic N) is 4. The van der Waals surface area contributed by atoms with E-state index in [9.17, 15) is 13.6 Å². The molecule has 3 aromatic rings. The molecule has 0 saturated carbocycles. The number of aryl methyl sites for hydroxylation is 1. The number of amides is 1. The summed E-state index contributed by atoms with van der Waals surface area (Å²) >= 11 is 6.99. The summed E-state index contributed by atoms with van der Waals surface area (Å²) in [6, 6.07) is 2.89. The Morgan fingerprint density at radius 2 is 2.12 bits per heavy atom. The third-order valence-electron chi connectivity index (χ3n) is 4.53. The van der Waals surface area contributed by atoms with E-state index in [4.69, 9.17) is 25.8 Å². The van der Waals surface area contributed by atoms with Crippen LogP contribution in [0.1, 0.15) is 16.1 Å². The van der Waals surface area contributed by atoms with Gasteiger partial charge in [0.1, 0.15) is 17.9 Å². The van der Waals surface area contributed by atoms with E-state index in [1.54, 1.807) is 13.0 Å². The van der Waals surface area contributed by atoms with E-state index < -0.39 is 12.5 Å². The molecule has 0 aliphatic carbocycles. The second kappa shape index (κ2) is 11.0. The average Bonchev–Trinajstić information content (AvgIpc) is 3.26. The second-order valence-electron chi connectivity index (χ2n) is 6.96. The minimum absolute atomic E-state index is 0.0377. The Morgan fingerprint density at radius 3 is 2.88 bits per heavy atom. The van der Waals surface area contributed by atoms with Gasteiger partial charge in [-0.15, -0.1) is 5.10 Å². The minimum Gasteiger partial charge on any atom is -0.466 e. The van der Waals surface area contributed by atoms with Gasteiger partial charge in [-0.25, -0.2) is 4.98 Å². The van der Waals surface area contributed by atoms with Crippen molar-refractivity contribution < 1.29 is 32.5 Å². The van der Waals surface area contributed by atoms with E-state index in [-0.39, 0.29) is 50.6 Å². The molecule has 0 unspecified atom stereocenters. The number of rotatable bonds is 8. The van der Waals surface area contributed by atoms with E-state index >= 15 is 0 Å². The fourth-order valence-corrected chi connectivity index (χ4v) is 3.82. The van der Waals surface area contributed by atoms with Crippen molar-refractivity contribution in [3.63, 3.8) is 0 Å². The Balaban J connectivity index is 1.53. The van der Waals surface area contributed by atoms with Crippen molar-refractivity contribution in [2.75, 3.05) is 31.7 Å². The van der Waals surface area contributed by atoms with Gasteiger partial charge in [0.05, 0.1) is 31.6 Å². The molecule has 1 fully saturated rings. The maximum absolute atomic E-state index is 13.0.